The highest BCUT2D eigenvalue weighted by atomic mass is 16.5. The second-order valence-corrected chi connectivity index (χ2v) is 6.94. The second-order valence-electron chi connectivity index (χ2n) is 6.94. The van der Waals surface area contributed by atoms with Crippen molar-refractivity contribution < 1.29 is 14.6 Å². The van der Waals surface area contributed by atoms with Crippen molar-refractivity contribution in [1.29, 1.82) is 0 Å². The molecule has 0 atom stereocenters. The van der Waals surface area contributed by atoms with E-state index in [9.17, 15) is 9.90 Å². The number of anilines is 1. The number of carbonyl (C=O) groups excluding carboxylic acids is 1. The molecular weight excluding hydrogens is 364 g/mol. The number of carbonyl (C=O) groups is 1. The Labute approximate surface area is 166 Å². The lowest BCUT2D eigenvalue weighted by Gasteiger charge is -2.10. The number of benzene rings is 4. The van der Waals surface area contributed by atoms with Crippen molar-refractivity contribution in [2.45, 2.75) is 0 Å². The third-order valence-electron chi connectivity index (χ3n) is 5.19. The molecule has 5 nitrogen and oxygen atoms in total. The van der Waals surface area contributed by atoms with E-state index >= 15 is 0 Å². The highest BCUT2D eigenvalue weighted by Crippen LogP contribution is 2.34. The summed E-state index contributed by atoms with van der Waals surface area (Å²) < 4.78 is 5.19. The summed E-state index contributed by atoms with van der Waals surface area (Å²) in [4.78, 5) is 16.2. The lowest BCUT2D eigenvalue weighted by atomic mass is 10.0. The van der Waals surface area contributed by atoms with Gasteiger partial charge in [-0.3, -0.25) is 4.79 Å². The van der Waals surface area contributed by atoms with Gasteiger partial charge in [-0.25, -0.2) is 0 Å². The van der Waals surface area contributed by atoms with E-state index < -0.39 is 0 Å². The van der Waals surface area contributed by atoms with Crippen LogP contribution in [0, 0.1) is 0 Å². The topological polar surface area (TPSA) is 74.3 Å². The summed E-state index contributed by atoms with van der Waals surface area (Å²) in [5.41, 5.74) is 2.80. The minimum absolute atomic E-state index is 0.0657. The number of fused-ring (bicyclic) bond motifs is 5. The zero-order chi connectivity index (χ0) is 20.0. The maximum atomic E-state index is 12.8. The number of phenols is 1. The van der Waals surface area contributed by atoms with Crippen molar-refractivity contribution in [3.63, 3.8) is 0 Å². The van der Waals surface area contributed by atoms with Crippen molar-refractivity contribution in [2.75, 3.05) is 12.4 Å². The Morgan fingerprint density at radius 3 is 2.66 bits per heavy atom. The van der Waals surface area contributed by atoms with E-state index in [-0.39, 0.29) is 17.2 Å². The molecular formula is C24H18N2O3. The molecule has 0 bridgehead atoms. The van der Waals surface area contributed by atoms with E-state index in [0.717, 1.165) is 32.6 Å². The van der Waals surface area contributed by atoms with Crippen molar-refractivity contribution >= 4 is 44.2 Å². The fourth-order valence-corrected chi connectivity index (χ4v) is 3.76. The van der Waals surface area contributed by atoms with Gasteiger partial charge in [0.2, 0.25) is 0 Å². The number of ether oxygens (including phenoxy) is 1. The van der Waals surface area contributed by atoms with E-state index in [1.54, 1.807) is 43.5 Å². The molecule has 1 heterocycles. The monoisotopic (exact) mass is 382 g/mol. The van der Waals surface area contributed by atoms with Gasteiger partial charge < -0.3 is 20.1 Å². The highest BCUT2D eigenvalue weighted by molar-refractivity contribution is 6.18. The van der Waals surface area contributed by atoms with Gasteiger partial charge in [0.1, 0.15) is 11.5 Å². The van der Waals surface area contributed by atoms with Gasteiger partial charge in [-0.2, -0.15) is 0 Å². The molecule has 0 aliphatic rings. The molecule has 5 heteroatoms. The van der Waals surface area contributed by atoms with Crippen LogP contribution in [-0.2, 0) is 0 Å². The number of aromatic hydroxyl groups is 1. The predicted octanol–water partition coefficient (Wildman–Crippen LogP) is 5.44. The molecule has 29 heavy (non-hydrogen) atoms. The molecule has 0 fully saturated rings. The molecule has 4 aromatic carbocycles. The van der Waals surface area contributed by atoms with Crippen molar-refractivity contribution in [3.8, 4) is 11.5 Å². The van der Waals surface area contributed by atoms with Gasteiger partial charge in [0, 0.05) is 33.4 Å². The minimum atomic E-state index is -0.380. The zero-order valence-electron chi connectivity index (χ0n) is 15.7. The van der Waals surface area contributed by atoms with E-state index in [1.165, 1.54) is 0 Å². The maximum absolute atomic E-state index is 12.8. The molecule has 0 spiro atoms. The number of hydrogen-bond acceptors (Lipinski definition) is 3. The number of rotatable bonds is 3. The first-order valence-corrected chi connectivity index (χ1v) is 9.25. The van der Waals surface area contributed by atoms with Crippen LogP contribution in [0.4, 0.5) is 5.69 Å². The smallest absolute Gasteiger partial charge is 0.259 e. The summed E-state index contributed by atoms with van der Waals surface area (Å²) >= 11 is 0. The van der Waals surface area contributed by atoms with Crippen LogP contribution in [0.3, 0.4) is 0 Å². The maximum Gasteiger partial charge on any atom is 0.259 e. The number of phenolic OH excluding ortho intramolecular Hbond substituents is 1. The Morgan fingerprint density at radius 2 is 1.79 bits per heavy atom. The number of nitrogens with one attached hydrogen (secondary N) is 2. The molecule has 3 N–H and O–H groups in total. The predicted molar refractivity (Wildman–Crippen MR) is 116 cm³/mol. The van der Waals surface area contributed by atoms with E-state index in [4.69, 9.17) is 4.74 Å². The van der Waals surface area contributed by atoms with Crippen LogP contribution in [0.2, 0.25) is 0 Å². The van der Waals surface area contributed by atoms with Gasteiger partial charge in [-0.15, -0.1) is 0 Å². The number of aromatic nitrogens is 1. The molecule has 0 saturated carbocycles. The average molecular weight is 382 g/mol. The van der Waals surface area contributed by atoms with Crippen LogP contribution in [0.5, 0.6) is 11.5 Å². The second kappa shape index (κ2) is 6.56. The summed E-state index contributed by atoms with van der Waals surface area (Å²) in [5.74, 6) is 0.199. The number of hydrogen-bond donors (Lipinski definition) is 3. The molecule has 5 rings (SSSR count). The third-order valence-corrected chi connectivity index (χ3v) is 5.19. The number of amides is 1. The number of methoxy groups -OCH3 is 1. The van der Waals surface area contributed by atoms with E-state index in [1.807, 2.05) is 30.3 Å². The molecule has 0 aliphatic carbocycles. The van der Waals surface area contributed by atoms with Gasteiger partial charge in [-0.05, 0) is 35.7 Å². The lowest BCUT2D eigenvalue weighted by molar-refractivity contribution is 0.102. The molecule has 142 valence electrons. The largest absolute Gasteiger partial charge is 0.507 e. The van der Waals surface area contributed by atoms with Crippen LogP contribution >= 0.6 is 0 Å². The third kappa shape index (κ3) is 2.84. The van der Waals surface area contributed by atoms with Crippen LogP contribution in [0.1, 0.15) is 10.4 Å². The highest BCUT2D eigenvalue weighted by Gasteiger charge is 2.15. The van der Waals surface area contributed by atoms with Crippen LogP contribution in [0.15, 0.2) is 72.8 Å². The van der Waals surface area contributed by atoms with Crippen LogP contribution in [-0.4, -0.2) is 23.1 Å². The molecule has 0 saturated heterocycles. The number of H-pyrrole nitrogens is 1. The summed E-state index contributed by atoms with van der Waals surface area (Å²) in [6, 6.07) is 22.5. The van der Waals surface area contributed by atoms with Gasteiger partial charge >= 0.3 is 0 Å². The molecule has 0 aliphatic heterocycles. The van der Waals surface area contributed by atoms with Gasteiger partial charge in [0.15, 0.2) is 0 Å². The quantitative estimate of drug-likeness (QED) is 0.389. The van der Waals surface area contributed by atoms with Crippen molar-refractivity contribution in [3.05, 3.63) is 78.4 Å². The molecule has 1 aromatic heterocycles. The first kappa shape index (κ1) is 17.1. The average Bonchev–Trinajstić information content (AvgIpc) is 3.12. The Hall–Kier alpha value is -3.99. The van der Waals surface area contributed by atoms with E-state index in [0.29, 0.717) is 11.4 Å². The van der Waals surface area contributed by atoms with Crippen LogP contribution < -0.4 is 10.1 Å². The fourth-order valence-electron chi connectivity index (χ4n) is 3.76. The Bertz CT molecular complexity index is 1400. The first-order valence-electron chi connectivity index (χ1n) is 9.25. The summed E-state index contributed by atoms with van der Waals surface area (Å²) in [5, 5.41) is 17.4. The first-order chi connectivity index (χ1) is 14.1. The van der Waals surface area contributed by atoms with Crippen molar-refractivity contribution in [1.82, 2.24) is 4.98 Å². The Morgan fingerprint density at radius 1 is 0.931 bits per heavy atom. The summed E-state index contributed by atoms with van der Waals surface area (Å²) in [6.07, 6.45) is 0. The normalized spacial score (nSPS) is 11.2. The standard InChI is InChI=1S/C24H18N2O3/c1-29-16-6-4-5-15(12-16)25-24(28)20-11-14-9-10-18-17-7-2-3-8-21(17)26-23(18)19(14)13-22(20)27/h2-13,26-27H,1H3,(H,25,28). The molecule has 0 radical (unpaired) electrons. The number of aromatic amines is 1. The molecule has 5 aromatic rings. The SMILES string of the molecule is COc1cccc(NC(=O)c2cc3ccc4c5ccccc5[nH]c4c3cc2O)c1. The lowest BCUT2D eigenvalue weighted by Crippen LogP contribution is -2.12. The van der Waals surface area contributed by atoms with Gasteiger partial charge in [0.25, 0.3) is 5.91 Å². The van der Waals surface area contributed by atoms with Crippen molar-refractivity contribution in [2.24, 2.45) is 0 Å². The summed E-state index contributed by atoms with van der Waals surface area (Å²) in [7, 11) is 1.57. The van der Waals surface area contributed by atoms with E-state index in [2.05, 4.69) is 16.4 Å². The summed E-state index contributed by atoms with van der Waals surface area (Å²) in [6.45, 7) is 0. The Balaban J connectivity index is 1.59. The molecule has 1 amide bonds. The van der Waals surface area contributed by atoms with Crippen LogP contribution in [0.25, 0.3) is 32.6 Å². The van der Waals surface area contributed by atoms with Gasteiger partial charge in [-0.1, -0.05) is 36.4 Å². The zero-order valence-corrected chi connectivity index (χ0v) is 15.7. The fraction of sp³-hybridized carbons (Fsp3) is 0.0417. The minimum Gasteiger partial charge on any atom is -0.507 e. The van der Waals surface area contributed by atoms with Gasteiger partial charge in [0.05, 0.1) is 18.2 Å². The Kier molecular flexibility index (Phi) is 3.88. The number of para-hydroxylation sites is 1. The molecule has 0 unspecified atom stereocenters.